The Morgan fingerprint density at radius 3 is 2.57 bits per heavy atom. The third kappa shape index (κ3) is 6.35. The average Bonchev–Trinajstić information content (AvgIpc) is 2.45. The Hall–Kier alpha value is -1.27. The van der Waals surface area contributed by atoms with Crippen LogP contribution in [0.1, 0.15) is 25.8 Å². The zero-order valence-corrected chi connectivity index (χ0v) is 13.8. The van der Waals surface area contributed by atoms with Gasteiger partial charge in [-0.25, -0.2) is 8.42 Å². The van der Waals surface area contributed by atoms with Gasteiger partial charge >= 0.3 is 0 Å². The van der Waals surface area contributed by atoms with Crippen LogP contribution in [0.2, 0.25) is 0 Å². The molecule has 0 aliphatic heterocycles. The summed E-state index contributed by atoms with van der Waals surface area (Å²) in [4.78, 5) is 0. The lowest BCUT2D eigenvalue weighted by molar-refractivity contribution is 0.334. The predicted molar refractivity (Wildman–Crippen MR) is 84.8 cm³/mol. The highest BCUT2D eigenvalue weighted by molar-refractivity contribution is 7.91. The van der Waals surface area contributed by atoms with Crippen molar-refractivity contribution in [2.45, 2.75) is 26.8 Å². The molecule has 21 heavy (non-hydrogen) atoms. The van der Waals surface area contributed by atoms with Crippen molar-refractivity contribution in [1.82, 2.24) is 5.32 Å². The molecule has 1 N–H and O–H groups in total. The van der Waals surface area contributed by atoms with E-state index in [4.69, 9.17) is 9.47 Å². The number of sulfone groups is 1. The van der Waals surface area contributed by atoms with Gasteiger partial charge in [0.2, 0.25) is 0 Å². The molecular formula is C15H25NO4S. The lowest BCUT2D eigenvalue weighted by Crippen LogP contribution is -2.18. The molecule has 0 aliphatic carbocycles. The topological polar surface area (TPSA) is 64.6 Å². The highest BCUT2D eigenvalue weighted by Crippen LogP contribution is 2.24. The number of hydrogen-bond acceptors (Lipinski definition) is 5. The molecule has 0 unspecified atom stereocenters. The predicted octanol–water partition coefficient (Wildman–Crippen LogP) is 2.01. The third-order valence-electron chi connectivity index (χ3n) is 3.00. The minimum Gasteiger partial charge on any atom is -0.497 e. The highest BCUT2D eigenvalue weighted by Gasteiger charge is 2.11. The number of nitrogens with one attached hydrogen (secondary N) is 1. The van der Waals surface area contributed by atoms with Gasteiger partial charge in [-0.05, 0) is 31.2 Å². The van der Waals surface area contributed by atoms with Crippen LogP contribution in [0.15, 0.2) is 18.2 Å². The second-order valence-corrected chi connectivity index (χ2v) is 7.06. The first-order valence-electron chi connectivity index (χ1n) is 7.23. The molecule has 0 fully saturated rings. The van der Waals surface area contributed by atoms with Gasteiger partial charge in [-0.15, -0.1) is 0 Å². The summed E-state index contributed by atoms with van der Waals surface area (Å²) in [5, 5.41) is 3.23. The minimum atomic E-state index is -3.01. The first-order valence-corrected chi connectivity index (χ1v) is 9.05. The van der Waals surface area contributed by atoms with Crippen molar-refractivity contribution in [3.63, 3.8) is 0 Å². The van der Waals surface area contributed by atoms with Gasteiger partial charge in [-0.3, -0.25) is 0 Å². The molecular weight excluding hydrogens is 290 g/mol. The van der Waals surface area contributed by atoms with E-state index in [1.165, 1.54) is 0 Å². The molecule has 0 heterocycles. The Morgan fingerprint density at radius 1 is 1.19 bits per heavy atom. The molecule has 1 aromatic rings. The molecule has 5 nitrogen and oxygen atoms in total. The maximum Gasteiger partial charge on any atom is 0.153 e. The van der Waals surface area contributed by atoms with E-state index in [-0.39, 0.29) is 18.1 Å². The van der Waals surface area contributed by atoms with E-state index in [0.717, 1.165) is 17.9 Å². The first kappa shape index (κ1) is 17.8. The summed E-state index contributed by atoms with van der Waals surface area (Å²) >= 11 is 0. The van der Waals surface area contributed by atoms with Gasteiger partial charge in [0, 0.05) is 12.1 Å². The molecule has 120 valence electrons. The van der Waals surface area contributed by atoms with Crippen molar-refractivity contribution in [1.29, 1.82) is 0 Å². The van der Waals surface area contributed by atoms with Crippen LogP contribution >= 0.6 is 0 Å². The Labute approximate surface area is 127 Å². The normalized spacial score (nSPS) is 11.4. The number of benzene rings is 1. The summed E-state index contributed by atoms with van der Waals surface area (Å²) in [6.45, 7) is 5.56. The van der Waals surface area contributed by atoms with E-state index in [2.05, 4.69) is 5.32 Å². The van der Waals surface area contributed by atoms with Crippen LogP contribution in [0.25, 0.3) is 0 Å². The monoisotopic (exact) mass is 315 g/mol. The molecule has 0 saturated heterocycles. The molecule has 0 amide bonds. The van der Waals surface area contributed by atoms with Gasteiger partial charge in [0.05, 0.1) is 18.6 Å². The number of methoxy groups -OCH3 is 1. The second-order valence-electron chi connectivity index (χ2n) is 4.75. The second kappa shape index (κ2) is 8.89. The van der Waals surface area contributed by atoms with Gasteiger partial charge in [0.25, 0.3) is 0 Å². The van der Waals surface area contributed by atoms with Crippen LogP contribution in [0, 0.1) is 0 Å². The standard InChI is InChI=1S/C15H25NO4S/c1-4-9-21(17,18)10-8-20-15-7-6-14(19-3)11-13(15)12-16-5-2/h6-7,11,16H,4-5,8-10,12H2,1-3H3. The molecule has 0 radical (unpaired) electrons. The summed E-state index contributed by atoms with van der Waals surface area (Å²) in [5.74, 6) is 1.72. The maximum absolute atomic E-state index is 11.7. The van der Waals surface area contributed by atoms with E-state index in [1.807, 2.05) is 32.0 Å². The molecule has 0 bridgehead atoms. The van der Waals surface area contributed by atoms with E-state index in [0.29, 0.717) is 18.7 Å². The van der Waals surface area contributed by atoms with Crippen LogP contribution in [-0.4, -0.2) is 40.2 Å². The summed E-state index contributed by atoms with van der Waals surface area (Å²) in [5.41, 5.74) is 0.962. The maximum atomic E-state index is 11.7. The fourth-order valence-electron chi connectivity index (χ4n) is 1.91. The molecule has 0 aromatic heterocycles. The summed E-state index contributed by atoms with van der Waals surface area (Å²) in [6, 6.07) is 5.53. The van der Waals surface area contributed by atoms with Crippen molar-refractivity contribution in [2.24, 2.45) is 0 Å². The van der Waals surface area contributed by atoms with Crippen molar-refractivity contribution in [3.8, 4) is 11.5 Å². The zero-order chi connectivity index (χ0) is 15.7. The average molecular weight is 315 g/mol. The quantitative estimate of drug-likeness (QED) is 0.715. The Bertz CT molecular complexity index is 528. The van der Waals surface area contributed by atoms with E-state index >= 15 is 0 Å². The third-order valence-corrected chi connectivity index (χ3v) is 4.82. The molecule has 1 aromatic carbocycles. The van der Waals surface area contributed by atoms with Crippen LogP contribution in [0.5, 0.6) is 11.5 Å². The fraction of sp³-hybridized carbons (Fsp3) is 0.600. The minimum absolute atomic E-state index is 0.0491. The molecule has 0 atom stereocenters. The zero-order valence-electron chi connectivity index (χ0n) is 13.0. The van der Waals surface area contributed by atoms with Gasteiger partial charge in [-0.2, -0.15) is 0 Å². The van der Waals surface area contributed by atoms with Crippen molar-refractivity contribution in [3.05, 3.63) is 23.8 Å². The lowest BCUT2D eigenvalue weighted by atomic mass is 10.2. The van der Waals surface area contributed by atoms with Crippen molar-refractivity contribution < 1.29 is 17.9 Å². The lowest BCUT2D eigenvalue weighted by Gasteiger charge is -2.13. The molecule has 0 aliphatic rings. The van der Waals surface area contributed by atoms with Gasteiger partial charge in [0.1, 0.15) is 18.1 Å². The molecule has 0 saturated carbocycles. The fourth-order valence-corrected chi connectivity index (χ4v) is 3.08. The highest BCUT2D eigenvalue weighted by atomic mass is 32.2. The van der Waals surface area contributed by atoms with Crippen molar-refractivity contribution in [2.75, 3.05) is 31.8 Å². The summed E-state index contributed by atoms with van der Waals surface area (Å²) in [7, 11) is -1.39. The summed E-state index contributed by atoms with van der Waals surface area (Å²) < 4.78 is 34.2. The SMILES string of the molecule is CCCS(=O)(=O)CCOc1ccc(OC)cc1CNCC. The Morgan fingerprint density at radius 2 is 1.95 bits per heavy atom. The van der Waals surface area contributed by atoms with Gasteiger partial charge < -0.3 is 14.8 Å². The van der Waals surface area contributed by atoms with Gasteiger partial charge in [-0.1, -0.05) is 13.8 Å². The first-order chi connectivity index (χ1) is 10.0. The van der Waals surface area contributed by atoms with Gasteiger partial charge in [0.15, 0.2) is 9.84 Å². The number of rotatable bonds is 10. The largest absolute Gasteiger partial charge is 0.497 e. The summed E-state index contributed by atoms with van der Waals surface area (Å²) in [6.07, 6.45) is 0.635. The number of ether oxygens (including phenoxy) is 2. The number of hydrogen-bond donors (Lipinski definition) is 1. The van der Waals surface area contributed by atoms with Crippen LogP contribution < -0.4 is 14.8 Å². The smallest absolute Gasteiger partial charge is 0.153 e. The molecule has 0 spiro atoms. The van der Waals surface area contributed by atoms with Crippen molar-refractivity contribution >= 4 is 9.84 Å². The van der Waals surface area contributed by atoms with E-state index in [1.54, 1.807) is 7.11 Å². The Balaban J connectivity index is 2.68. The molecule has 1 rings (SSSR count). The van der Waals surface area contributed by atoms with Crippen LogP contribution in [0.3, 0.4) is 0 Å². The Kier molecular flexibility index (Phi) is 7.53. The van der Waals surface area contributed by atoms with E-state index in [9.17, 15) is 8.42 Å². The van der Waals surface area contributed by atoms with Crippen LogP contribution in [0.4, 0.5) is 0 Å². The molecule has 6 heteroatoms. The van der Waals surface area contributed by atoms with E-state index < -0.39 is 9.84 Å². The van der Waals surface area contributed by atoms with Crippen LogP contribution in [-0.2, 0) is 16.4 Å².